The van der Waals surface area contributed by atoms with E-state index in [0.29, 0.717) is 29.8 Å². The molecule has 0 amide bonds. The van der Waals surface area contributed by atoms with E-state index in [1.165, 1.54) is 48.9 Å². The predicted molar refractivity (Wildman–Crippen MR) is 151 cm³/mol. The van der Waals surface area contributed by atoms with E-state index in [0.717, 1.165) is 36.6 Å². The van der Waals surface area contributed by atoms with Gasteiger partial charge in [-0.15, -0.1) is 0 Å². The molecule has 192 valence electrons. The van der Waals surface area contributed by atoms with E-state index < -0.39 is 0 Å². The van der Waals surface area contributed by atoms with Crippen LogP contribution in [-0.4, -0.2) is 47.4 Å². The molecule has 3 aromatic rings. The maximum Gasteiger partial charge on any atom is 0.132 e. The molecule has 37 heavy (non-hydrogen) atoms. The molecule has 0 saturated carbocycles. The second kappa shape index (κ2) is 10.3. The fourth-order valence-electron chi connectivity index (χ4n) is 7.23. The molecule has 0 aliphatic carbocycles. The van der Waals surface area contributed by atoms with Crippen LogP contribution in [0.4, 0.5) is 0 Å². The van der Waals surface area contributed by atoms with Crippen LogP contribution in [0.2, 0.25) is 0 Å². The highest BCUT2D eigenvalue weighted by molar-refractivity contribution is 5.97. The van der Waals surface area contributed by atoms with Gasteiger partial charge in [0, 0.05) is 54.3 Å². The van der Waals surface area contributed by atoms with E-state index in [-0.39, 0.29) is 0 Å². The molecule has 3 heterocycles. The van der Waals surface area contributed by atoms with Crippen molar-refractivity contribution in [3.05, 3.63) is 95.1 Å². The van der Waals surface area contributed by atoms with Gasteiger partial charge in [0.1, 0.15) is 17.3 Å². The van der Waals surface area contributed by atoms with Crippen molar-refractivity contribution in [3.8, 4) is 11.5 Å². The molecule has 0 radical (unpaired) electrons. The molecule has 2 bridgehead atoms. The second-order valence-corrected chi connectivity index (χ2v) is 11.0. The fourth-order valence-corrected chi connectivity index (χ4v) is 7.23. The van der Waals surface area contributed by atoms with Crippen LogP contribution in [0, 0.1) is 11.3 Å². The van der Waals surface area contributed by atoms with Gasteiger partial charge >= 0.3 is 0 Å². The first-order valence-electron chi connectivity index (χ1n) is 14.2. The first kappa shape index (κ1) is 24.2. The Balaban J connectivity index is 1.26. The minimum Gasteiger partial charge on any atom is -0.457 e. The second-order valence-electron chi connectivity index (χ2n) is 11.0. The Hall–Kier alpha value is -3.11. The first-order valence-corrected chi connectivity index (χ1v) is 14.2. The molecular weight excluding hydrogens is 454 g/mol. The van der Waals surface area contributed by atoms with E-state index in [9.17, 15) is 0 Å². The van der Waals surface area contributed by atoms with Crippen molar-refractivity contribution in [1.29, 1.82) is 5.41 Å². The van der Waals surface area contributed by atoms with Crippen LogP contribution in [-0.2, 0) is 6.42 Å². The van der Waals surface area contributed by atoms with E-state index in [1.54, 1.807) is 0 Å². The Labute approximate surface area is 221 Å². The fraction of sp³-hybridized carbons (Fsp3) is 0.424. The van der Waals surface area contributed by atoms with Gasteiger partial charge in [-0.3, -0.25) is 10.3 Å². The third-order valence-electron chi connectivity index (χ3n) is 9.07. The van der Waals surface area contributed by atoms with E-state index in [2.05, 4.69) is 96.4 Å². The third-order valence-corrected chi connectivity index (χ3v) is 9.07. The Bertz CT molecular complexity index is 1240. The Morgan fingerprint density at radius 3 is 2.27 bits per heavy atom. The average molecular weight is 494 g/mol. The lowest BCUT2D eigenvalue weighted by Gasteiger charge is -2.43. The van der Waals surface area contributed by atoms with Crippen molar-refractivity contribution in [1.82, 2.24) is 9.80 Å². The summed E-state index contributed by atoms with van der Waals surface area (Å²) in [5.41, 5.74) is 5.03. The van der Waals surface area contributed by atoms with Crippen molar-refractivity contribution < 1.29 is 4.74 Å². The van der Waals surface area contributed by atoms with Crippen LogP contribution < -0.4 is 4.74 Å². The zero-order valence-corrected chi connectivity index (χ0v) is 22.2. The molecule has 0 spiro atoms. The van der Waals surface area contributed by atoms with Gasteiger partial charge < -0.3 is 9.64 Å². The van der Waals surface area contributed by atoms with Crippen LogP contribution in [0.5, 0.6) is 11.5 Å². The number of ether oxygens (including phenoxy) is 1. The summed E-state index contributed by atoms with van der Waals surface area (Å²) in [6.07, 6.45) is 6.30. The van der Waals surface area contributed by atoms with E-state index in [4.69, 9.17) is 10.1 Å². The average Bonchev–Trinajstić information content (AvgIpc) is 3.17. The molecule has 4 nitrogen and oxygen atoms in total. The maximum absolute atomic E-state index is 8.75. The van der Waals surface area contributed by atoms with Crippen molar-refractivity contribution in [2.24, 2.45) is 5.92 Å². The maximum atomic E-state index is 8.75. The lowest BCUT2D eigenvalue weighted by Crippen LogP contribution is -2.45. The number of para-hydroxylation sites is 1. The SMILES string of the molecule is CCN(CC)C(=N)c1ccc2c(c1)Oc1ccccc1C2C1CC2CCC(C1)N2CCc1ccccc1. The van der Waals surface area contributed by atoms with Gasteiger partial charge in [0.25, 0.3) is 0 Å². The zero-order chi connectivity index (χ0) is 25.4. The van der Waals surface area contributed by atoms with Gasteiger partial charge in [0.15, 0.2) is 0 Å². The Morgan fingerprint density at radius 2 is 1.54 bits per heavy atom. The number of nitrogens with zero attached hydrogens (tertiary/aromatic N) is 2. The zero-order valence-electron chi connectivity index (χ0n) is 22.2. The van der Waals surface area contributed by atoms with E-state index in [1.807, 2.05) is 0 Å². The summed E-state index contributed by atoms with van der Waals surface area (Å²) >= 11 is 0. The quantitative estimate of drug-likeness (QED) is 0.282. The van der Waals surface area contributed by atoms with E-state index >= 15 is 0 Å². The number of benzene rings is 3. The molecule has 0 aromatic heterocycles. The lowest BCUT2D eigenvalue weighted by atomic mass is 9.72. The monoisotopic (exact) mass is 493 g/mol. The highest BCUT2D eigenvalue weighted by Crippen LogP contribution is 2.53. The highest BCUT2D eigenvalue weighted by atomic mass is 16.5. The minimum atomic E-state index is 0.357. The Kier molecular flexibility index (Phi) is 6.77. The molecular formula is C33H39N3O. The smallest absolute Gasteiger partial charge is 0.132 e. The summed E-state index contributed by atoms with van der Waals surface area (Å²) in [7, 11) is 0. The largest absolute Gasteiger partial charge is 0.457 e. The van der Waals surface area contributed by atoms with Crippen LogP contribution in [0.1, 0.15) is 67.7 Å². The summed E-state index contributed by atoms with van der Waals surface area (Å²) in [6.45, 7) is 7.07. The molecule has 3 atom stereocenters. The topological polar surface area (TPSA) is 39.6 Å². The lowest BCUT2D eigenvalue weighted by molar-refractivity contribution is 0.0972. The number of amidine groups is 1. The molecule has 3 aliphatic rings. The van der Waals surface area contributed by atoms with Gasteiger partial charge in [-0.2, -0.15) is 0 Å². The third kappa shape index (κ3) is 4.57. The number of nitrogens with one attached hydrogen (secondary N) is 1. The van der Waals surface area contributed by atoms with Gasteiger partial charge in [-0.1, -0.05) is 60.7 Å². The highest BCUT2D eigenvalue weighted by Gasteiger charge is 2.45. The summed E-state index contributed by atoms with van der Waals surface area (Å²) in [6, 6.07) is 27.5. The standard InChI is InChI=1S/C33H39N3O/c1-3-35(4-2)33(34)24-14-17-29-31(22-24)37-30-13-9-8-12-28(30)32(29)25-20-26-15-16-27(21-25)36(26)19-18-23-10-6-5-7-11-23/h5-14,17,22,25-27,32,34H,3-4,15-16,18-21H2,1-2H3. The van der Waals surface area contributed by atoms with Crippen molar-refractivity contribution in [2.45, 2.75) is 64.0 Å². The normalized spacial score (nSPS) is 24.2. The summed E-state index contributed by atoms with van der Waals surface area (Å²) in [4.78, 5) is 4.92. The summed E-state index contributed by atoms with van der Waals surface area (Å²) < 4.78 is 6.49. The van der Waals surface area contributed by atoms with Gasteiger partial charge in [-0.05, 0) is 69.6 Å². The minimum absolute atomic E-state index is 0.357. The number of fused-ring (bicyclic) bond motifs is 4. The van der Waals surface area contributed by atoms with Gasteiger partial charge in [0.05, 0.1) is 0 Å². The van der Waals surface area contributed by atoms with Crippen LogP contribution in [0.15, 0.2) is 72.8 Å². The van der Waals surface area contributed by atoms with Crippen molar-refractivity contribution >= 4 is 5.84 Å². The number of piperidine rings is 1. The number of hydrogen-bond acceptors (Lipinski definition) is 3. The summed E-state index contributed by atoms with van der Waals surface area (Å²) in [5, 5.41) is 8.75. The molecule has 3 aromatic carbocycles. The van der Waals surface area contributed by atoms with Gasteiger partial charge in [0.2, 0.25) is 0 Å². The number of hydrogen-bond donors (Lipinski definition) is 1. The van der Waals surface area contributed by atoms with Crippen LogP contribution in [0.3, 0.4) is 0 Å². The molecule has 3 unspecified atom stereocenters. The number of rotatable bonds is 7. The Morgan fingerprint density at radius 1 is 0.865 bits per heavy atom. The van der Waals surface area contributed by atoms with Crippen LogP contribution in [0.25, 0.3) is 0 Å². The first-order chi connectivity index (χ1) is 18.2. The van der Waals surface area contributed by atoms with Crippen molar-refractivity contribution in [3.63, 3.8) is 0 Å². The van der Waals surface area contributed by atoms with Gasteiger partial charge in [-0.25, -0.2) is 0 Å². The molecule has 6 rings (SSSR count). The van der Waals surface area contributed by atoms with Crippen molar-refractivity contribution in [2.75, 3.05) is 19.6 Å². The molecule has 4 heteroatoms. The molecule has 2 fully saturated rings. The van der Waals surface area contributed by atoms with Crippen LogP contribution >= 0.6 is 0 Å². The molecule has 1 N–H and O–H groups in total. The molecule has 3 aliphatic heterocycles. The summed E-state index contributed by atoms with van der Waals surface area (Å²) in [5.74, 6) is 3.48. The molecule has 2 saturated heterocycles. The predicted octanol–water partition coefficient (Wildman–Crippen LogP) is 7.08.